The van der Waals surface area contributed by atoms with Crippen molar-refractivity contribution in [1.82, 2.24) is 4.57 Å². The van der Waals surface area contributed by atoms with E-state index in [1.165, 1.54) is 6.07 Å². The minimum atomic E-state index is -0.0297. The van der Waals surface area contributed by atoms with Crippen molar-refractivity contribution in [2.24, 2.45) is 0 Å². The van der Waals surface area contributed by atoms with Gasteiger partial charge in [-0.1, -0.05) is 0 Å². The molecule has 5 heteroatoms. The summed E-state index contributed by atoms with van der Waals surface area (Å²) in [5.74, 6) is 0.155. The Labute approximate surface area is 123 Å². The van der Waals surface area contributed by atoms with Crippen molar-refractivity contribution in [3.8, 4) is 0 Å². The standard InChI is InChI=1S/C14H12BrNO2S/c15-13-6-4-9(19-13)8-16-11-2-1-3-12(17)10(11)5-7-14(16)18/h4-7H,1-3,8H2. The zero-order valence-electron chi connectivity index (χ0n) is 10.2. The summed E-state index contributed by atoms with van der Waals surface area (Å²) in [7, 11) is 0. The molecule has 0 saturated carbocycles. The highest BCUT2D eigenvalue weighted by Crippen LogP contribution is 2.25. The van der Waals surface area contributed by atoms with Crippen LogP contribution in [0, 0.1) is 0 Å². The molecule has 0 amide bonds. The molecule has 2 aromatic rings. The lowest BCUT2D eigenvalue weighted by molar-refractivity contribution is 0.0970. The summed E-state index contributed by atoms with van der Waals surface area (Å²) in [4.78, 5) is 25.1. The molecule has 0 fully saturated rings. The topological polar surface area (TPSA) is 39.1 Å². The van der Waals surface area contributed by atoms with Gasteiger partial charge in [-0.25, -0.2) is 0 Å². The highest BCUT2D eigenvalue weighted by molar-refractivity contribution is 9.11. The molecule has 2 heterocycles. The zero-order valence-corrected chi connectivity index (χ0v) is 12.6. The van der Waals surface area contributed by atoms with Crippen molar-refractivity contribution in [3.63, 3.8) is 0 Å². The molecule has 0 spiro atoms. The molecular formula is C14H12BrNO2S. The first-order chi connectivity index (χ1) is 9.15. The first-order valence-corrected chi connectivity index (χ1v) is 7.76. The van der Waals surface area contributed by atoms with Gasteiger partial charge in [0.15, 0.2) is 5.78 Å². The molecule has 1 aliphatic carbocycles. The molecule has 98 valence electrons. The first-order valence-electron chi connectivity index (χ1n) is 6.15. The first kappa shape index (κ1) is 12.8. The smallest absolute Gasteiger partial charge is 0.251 e. The van der Waals surface area contributed by atoms with Gasteiger partial charge in [-0.3, -0.25) is 9.59 Å². The van der Waals surface area contributed by atoms with Crippen molar-refractivity contribution < 1.29 is 4.79 Å². The average molecular weight is 338 g/mol. The van der Waals surface area contributed by atoms with Gasteiger partial charge in [-0.2, -0.15) is 0 Å². The Balaban J connectivity index is 2.07. The van der Waals surface area contributed by atoms with E-state index >= 15 is 0 Å². The summed E-state index contributed by atoms with van der Waals surface area (Å²) >= 11 is 5.04. The van der Waals surface area contributed by atoms with E-state index in [1.807, 2.05) is 12.1 Å². The third kappa shape index (κ3) is 2.44. The van der Waals surface area contributed by atoms with E-state index in [0.29, 0.717) is 13.0 Å². The van der Waals surface area contributed by atoms with Crippen molar-refractivity contribution in [3.05, 3.63) is 54.5 Å². The van der Waals surface area contributed by atoms with Crippen molar-refractivity contribution >= 4 is 33.0 Å². The lowest BCUT2D eigenvalue weighted by atomic mass is 9.94. The number of thiophene rings is 1. The number of ketones is 1. The molecule has 0 aromatic carbocycles. The second-order valence-electron chi connectivity index (χ2n) is 4.60. The predicted molar refractivity (Wildman–Crippen MR) is 79.1 cm³/mol. The predicted octanol–water partition coefficient (Wildman–Crippen LogP) is 3.24. The number of carbonyl (C=O) groups is 1. The number of carbonyl (C=O) groups excluding carboxylic acids is 1. The number of pyridine rings is 1. The van der Waals surface area contributed by atoms with Crippen LogP contribution in [0.1, 0.15) is 33.8 Å². The number of halogens is 1. The van der Waals surface area contributed by atoms with Gasteiger partial charge in [0.1, 0.15) is 0 Å². The molecular weight excluding hydrogens is 326 g/mol. The number of hydrogen-bond donors (Lipinski definition) is 0. The van der Waals surface area contributed by atoms with Gasteiger partial charge >= 0.3 is 0 Å². The molecule has 0 bridgehead atoms. The summed E-state index contributed by atoms with van der Waals surface area (Å²) in [6, 6.07) is 7.17. The van der Waals surface area contributed by atoms with Gasteiger partial charge in [-0.15, -0.1) is 11.3 Å². The van der Waals surface area contributed by atoms with Gasteiger partial charge in [0.2, 0.25) is 0 Å². The molecule has 0 saturated heterocycles. The molecule has 2 aromatic heterocycles. The Bertz CT molecular complexity index is 702. The SMILES string of the molecule is O=C1CCCc2c1ccc(=O)n2Cc1ccc(Br)s1. The van der Waals surface area contributed by atoms with Crippen LogP contribution in [0.25, 0.3) is 0 Å². The Hall–Kier alpha value is -1.20. The van der Waals surface area contributed by atoms with Crippen LogP contribution in [0.3, 0.4) is 0 Å². The number of hydrogen-bond acceptors (Lipinski definition) is 3. The highest BCUT2D eigenvalue weighted by atomic mass is 79.9. The van der Waals surface area contributed by atoms with Crippen LogP contribution in [0.4, 0.5) is 0 Å². The van der Waals surface area contributed by atoms with Crippen molar-refractivity contribution in [1.29, 1.82) is 0 Å². The summed E-state index contributed by atoms with van der Waals surface area (Å²) in [6.45, 7) is 0.547. The van der Waals surface area contributed by atoms with Crippen molar-refractivity contribution in [2.45, 2.75) is 25.8 Å². The van der Waals surface area contributed by atoms with E-state index in [4.69, 9.17) is 0 Å². The van der Waals surface area contributed by atoms with Gasteiger partial charge in [-0.05, 0) is 47.0 Å². The van der Waals surface area contributed by atoms with E-state index in [-0.39, 0.29) is 11.3 Å². The van der Waals surface area contributed by atoms with Crippen LogP contribution < -0.4 is 5.56 Å². The molecule has 3 nitrogen and oxygen atoms in total. The van der Waals surface area contributed by atoms with Crippen molar-refractivity contribution in [2.75, 3.05) is 0 Å². The maximum atomic E-state index is 12.1. The summed E-state index contributed by atoms with van der Waals surface area (Å²) in [6.07, 6.45) is 2.24. The van der Waals surface area contributed by atoms with Gasteiger partial charge in [0.25, 0.3) is 5.56 Å². The molecule has 0 unspecified atom stereocenters. The molecule has 0 atom stereocenters. The maximum absolute atomic E-state index is 12.1. The van der Waals surface area contributed by atoms with Gasteiger partial charge < -0.3 is 4.57 Å². The average Bonchev–Trinajstić information content (AvgIpc) is 2.79. The molecule has 0 aliphatic heterocycles. The van der Waals surface area contributed by atoms with Crippen LogP contribution >= 0.6 is 27.3 Å². The number of fused-ring (bicyclic) bond motifs is 1. The lowest BCUT2D eigenvalue weighted by Crippen LogP contribution is -2.28. The van der Waals surface area contributed by atoms with Crippen LogP contribution in [0.15, 0.2) is 32.8 Å². The number of nitrogens with zero attached hydrogens (tertiary/aromatic N) is 1. The van der Waals surface area contributed by atoms with E-state index < -0.39 is 0 Å². The Morgan fingerprint density at radius 1 is 1.16 bits per heavy atom. The maximum Gasteiger partial charge on any atom is 0.251 e. The Morgan fingerprint density at radius 3 is 2.74 bits per heavy atom. The third-order valence-corrected chi connectivity index (χ3v) is 4.96. The fourth-order valence-electron chi connectivity index (χ4n) is 2.46. The van der Waals surface area contributed by atoms with Crippen LogP contribution in [-0.4, -0.2) is 10.4 Å². The monoisotopic (exact) mass is 337 g/mol. The molecule has 0 N–H and O–H groups in total. The van der Waals surface area contributed by atoms with Gasteiger partial charge in [0.05, 0.1) is 10.3 Å². The Kier molecular flexibility index (Phi) is 3.41. The molecule has 0 radical (unpaired) electrons. The fraction of sp³-hybridized carbons (Fsp3) is 0.286. The lowest BCUT2D eigenvalue weighted by Gasteiger charge is -2.19. The minimum Gasteiger partial charge on any atom is -0.307 e. The largest absolute Gasteiger partial charge is 0.307 e. The number of Topliss-reactive ketones (excluding diaryl/α,β-unsaturated/α-hetero) is 1. The van der Waals surface area contributed by atoms with E-state index in [9.17, 15) is 9.59 Å². The second-order valence-corrected chi connectivity index (χ2v) is 7.15. The Morgan fingerprint density at radius 2 is 2.00 bits per heavy atom. The molecule has 1 aliphatic rings. The zero-order chi connectivity index (χ0) is 13.4. The van der Waals surface area contributed by atoms with Crippen LogP contribution in [0.2, 0.25) is 0 Å². The quantitative estimate of drug-likeness (QED) is 0.843. The van der Waals surface area contributed by atoms with E-state index in [0.717, 1.165) is 32.8 Å². The van der Waals surface area contributed by atoms with E-state index in [1.54, 1.807) is 22.0 Å². The highest BCUT2D eigenvalue weighted by Gasteiger charge is 2.20. The number of rotatable bonds is 2. The fourth-order valence-corrected chi connectivity index (χ4v) is 3.93. The molecule has 19 heavy (non-hydrogen) atoms. The second kappa shape index (κ2) is 5.06. The normalized spacial score (nSPS) is 14.5. The summed E-state index contributed by atoms with van der Waals surface area (Å²) in [5, 5.41) is 0. The summed E-state index contributed by atoms with van der Waals surface area (Å²) in [5.41, 5.74) is 1.59. The van der Waals surface area contributed by atoms with Crippen LogP contribution in [-0.2, 0) is 13.0 Å². The van der Waals surface area contributed by atoms with Crippen LogP contribution in [0.5, 0.6) is 0 Å². The van der Waals surface area contributed by atoms with Gasteiger partial charge in [0, 0.05) is 28.6 Å². The summed E-state index contributed by atoms with van der Waals surface area (Å²) < 4.78 is 2.79. The van der Waals surface area contributed by atoms with E-state index in [2.05, 4.69) is 15.9 Å². The molecule has 3 rings (SSSR count). The third-order valence-electron chi connectivity index (χ3n) is 3.36. The number of aromatic nitrogens is 1. The minimum absolute atomic E-state index is 0.0297.